The topological polar surface area (TPSA) is 87.7 Å². The number of nitrogens with one attached hydrogen (secondary N) is 2. The number of aliphatic hydroxyl groups is 1. The number of benzene rings is 2. The van der Waals surface area contributed by atoms with Gasteiger partial charge in [0.2, 0.25) is 5.91 Å². The number of hydrogen-bond acceptors (Lipinski definition) is 4. The van der Waals surface area contributed by atoms with Crippen molar-refractivity contribution < 1.29 is 19.4 Å². The Morgan fingerprint density at radius 1 is 1.15 bits per heavy atom. The molecule has 0 unspecified atom stereocenters. The lowest BCUT2D eigenvalue weighted by Gasteiger charge is -2.23. The van der Waals surface area contributed by atoms with Gasteiger partial charge in [-0.1, -0.05) is 18.2 Å². The van der Waals surface area contributed by atoms with E-state index >= 15 is 0 Å². The van der Waals surface area contributed by atoms with Crippen LogP contribution < -0.4 is 15.4 Å². The smallest absolute Gasteiger partial charge is 0.262 e. The summed E-state index contributed by atoms with van der Waals surface area (Å²) in [6, 6.07) is 12.5. The first-order chi connectivity index (χ1) is 12.5. The zero-order chi connectivity index (χ0) is 18.5. The van der Waals surface area contributed by atoms with Gasteiger partial charge >= 0.3 is 0 Å². The van der Waals surface area contributed by atoms with Crippen LogP contribution in [-0.2, 0) is 16.0 Å². The van der Waals surface area contributed by atoms with Gasteiger partial charge < -0.3 is 20.5 Å². The zero-order valence-electron chi connectivity index (χ0n) is 14.6. The van der Waals surface area contributed by atoms with Crippen LogP contribution in [0.2, 0.25) is 0 Å². The summed E-state index contributed by atoms with van der Waals surface area (Å²) in [5, 5.41) is 15.5. The third-order valence-corrected chi connectivity index (χ3v) is 4.26. The minimum absolute atomic E-state index is 0.128. The van der Waals surface area contributed by atoms with Gasteiger partial charge in [0.15, 0.2) is 6.61 Å². The fourth-order valence-corrected chi connectivity index (χ4v) is 3.14. The van der Waals surface area contributed by atoms with Crippen LogP contribution in [-0.4, -0.2) is 23.5 Å². The van der Waals surface area contributed by atoms with Crippen LogP contribution in [0.4, 0.5) is 11.4 Å². The number of rotatable bonds is 5. The average molecular weight is 354 g/mol. The lowest BCUT2D eigenvalue weighted by atomic mass is 9.89. The Kier molecular flexibility index (Phi) is 5.53. The Morgan fingerprint density at radius 2 is 1.88 bits per heavy atom. The maximum atomic E-state index is 12.2. The number of anilines is 2. The minimum atomic E-state index is -0.465. The van der Waals surface area contributed by atoms with Gasteiger partial charge in [-0.3, -0.25) is 9.59 Å². The van der Waals surface area contributed by atoms with Crippen LogP contribution in [0.1, 0.15) is 37.0 Å². The van der Waals surface area contributed by atoms with Crippen molar-refractivity contribution in [3.8, 4) is 5.75 Å². The lowest BCUT2D eigenvalue weighted by Crippen LogP contribution is -2.21. The molecule has 2 amide bonds. The summed E-state index contributed by atoms with van der Waals surface area (Å²) in [5.41, 5.74) is 3.06. The third-order valence-electron chi connectivity index (χ3n) is 4.26. The van der Waals surface area contributed by atoms with Gasteiger partial charge in [0.25, 0.3) is 5.91 Å². The molecule has 0 heterocycles. The molecule has 0 spiro atoms. The van der Waals surface area contributed by atoms with Crippen molar-refractivity contribution in [3.63, 3.8) is 0 Å². The molecule has 0 saturated carbocycles. The van der Waals surface area contributed by atoms with Crippen LogP contribution in [0.3, 0.4) is 0 Å². The van der Waals surface area contributed by atoms with Gasteiger partial charge in [-0.05, 0) is 54.7 Å². The van der Waals surface area contributed by atoms with Crippen LogP contribution in [0, 0.1) is 0 Å². The van der Waals surface area contributed by atoms with E-state index in [1.807, 2.05) is 18.2 Å². The SMILES string of the molecule is CC(=O)Nc1cccc(NC(=O)COc2cccc3c2CCC[C@H]3O)c1. The Hall–Kier alpha value is -2.86. The Bertz CT molecular complexity index is 819. The van der Waals surface area contributed by atoms with Crippen LogP contribution in [0.15, 0.2) is 42.5 Å². The second-order valence-corrected chi connectivity index (χ2v) is 6.33. The summed E-state index contributed by atoms with van der Waals surface area (Å²) in [4.78, 5) is 23.3. The average Bonchev–Trinajstić information content (AvgIpc) is 2.60. The summed E-state index contributed by atoms with van der Waals surface area (Å²) >= 11 is 0. The molecule has 0 fully saturated rings. The van der Waals surface area contributed by atoms with Crippen molar-refractivity contribution >= 4 is 23.2 Å². The monoisotopic (exact) mass is 354 g/mol. The van der Waals surface area contributed by atoms with E-state index in [4.69, 9.17) is 4.74 Å². The molecule has 3 rings (SSSR count). The molecule has 0 bridgehead atoms. The van der Waals surface area contributed by atoms with Crippen molar-refractivity contribution in [3.05, 3.63) is 53.6 Å². The Morgan fingerprint density at radius 3 is 2.65 bits per heavy atom. The molecule has 1 aliphatic carbocycles. The summed E-state index contributed by atoms with van der Waals surface area (Å²) in [6.07, 6.45) is 2.02. The molecule has 0 saturated heterocycles. The molecule has 3 N–H and O–H groups in total. The second kappa shape index (κ2) is 8.01. The Balaban J connectivity index is 1.62. The predicted molar refractivity (Wildman–Crippen MR) is 99.2 cm³/mol. The Labute approximate surface area is 152 Å². The summed E-state index contributed by atoms with van der Waals surface area (Å²) in [6.45, 7) is 1.30. The van der Waals surface area contributed by atoms with Crippen molar-refractivity contribution in [1.29, 1.82) is 0 Å². The molecule has 26 heavy (non-hydrogen) atoms. The highest BCUT2D eigenvalue weighted by Gasteiger charge is 2.21. The van der Waals surface area contributed by atoms with Crippen LogP contribution >= 0.6 is 0 Å². The number of ether oxygens (including phenoxy) is 1. The first kappa shape index (κ1) is 17.9. The van der Waals surface area contributed by atoms with E-state index in [1.54, 1.807) is 24.3 Å². The van der Waals surface area contributed by atoms with Crippen LogP contribution in [0.25, 0.3) is 0 Å². The molecule has 6 nitrogen and oxygen atoms in total. The number of hydrogen-bond donors (Lipinski definition) is 3. The van der Waals surface area contributed by atoms with Crippen molar-refractivity contribution in [2.75, 3.05) is 17.2 Å². The van der Waals surface area contributed by atoms with Gasteiger partial charge in [-0.25, -0.2) is 0 Å². The summed E-state index contributed by atoms with van der Waals surface area (Å²) in [7, 11) is 0. The van der Waals surface area contributed by atoms with Gasteiger partial charge in [0.1, 0.15) is 5.75 Å². The molecule has 0 radical (unpaired) electrons. The highest BCUT2D eigenvalue weighted by molar-refractivity contribution is 5.94. The van der Waals surface area contributed by atoms with Crippen molar-refractivity contribution in [1.82, 2.24) is 0 Å². The molecule has 6 heteroatoms. The van der Waals surface area contributed by atoms with Crippen molar-refractivity contribution in [2.24, 2.45) is 0 Å². The van der Waals surface area contributed by atoms with Gasteiger partial charge in [-0.2, -0.15) is 0 Å². The number of carbonyl (C=O) groups excluding carboxylic acids is 2. The number of carbonyl (C=O) groups is 2. The maximum Gasteiger partial charge on any atom is 0.262 e. The van der Waals surface area contributed by atoms with E-state index < -0.39 is 6.10 Å². The fourth-order valence-electron chi connectivity index (χ4n) is 3.14. The van der Waals surface area contributed by atoms with E-state index in [0.29, 0.717) is 17.1 Å². The van der Waals surface area contributed by atoms with E-state index in [0.717, 1.165) is 30.4 Å². The summed E-state index contributed by atoms with van der Waals surface area (Å²) in [5.74, 6) is 0.176. The summed E-state index contributed by atoms with van der Waals surface area (Å²) < 4.78 is 5.69. The van der Waals surface area contributed by atoms with Gasteiger partial charge in [0.05, 0.1) is 6.10 Å². The maximum absolute atomic E-state index is 12.2. The van der Waals surface area contributed by atoms with E-state index in [9.17, 15) is 14.7 Å². The predicted octanol–water partition coefficient (Wildman–Crippen LogP) is 3.03. The zero-order valence-corrected chi connectivity index (χ0v) is 14.6. The molecule has 0 aliphatic heterocycles. The second-order valence-electron chi connectivity index (χ2n) is 6.33. The quantitative estimate of drug-likeness (QED) is 0.770. The molecule has 2 aromatic carbocycles. The molecular formula is C20H22N2O4. The first-order valence-electron chi connectivity index (χ1n) is 8.63. The highest BCUT2D eigenvalue weighted by atomic mass is 16.5. The van der Waals surface area contributed by atoms with E-state index in [2.05, 4.69) is 10.6 Å². The van der Waals surface area contributed by atoms with Crippen molar-refractivity contribution in [2.45, 2.75) is 32.3 Å². The van der Waals surface area contributed by atoms with Gasteiger partial charge in [-0.15, -0.1) is 0 Å². The van der Waals surface area contributed by atoms with Crippen LogP contribution in [0.5, 0.6) is 5.75 Å². The largest absolute Gasteiger partial charge is 0.483 e. The number of fused-ring (bicyclic) bond motifs is 1. The first-order valence-corrected chi connectivity index (χ1v) is 8.63. The molecule has 2 aromatic rings. The minimum Gasteiger partial charge on any atom is -0.483 e. The molecule has 136 valence electrons. The molecule has 0 aromatic heterocycles. The normalized spacial score (nSPS) is 15.7. The molecular weight excluding hydrogens is 332 g/mol. The van der Waals surface area contributed by atoms with Gasteiger partial charge in [0, 0.05) is 18.3 Å². The molecule has 1 aliphatic rings. The van der Waals surface area contributed by atoms with E-state index in [1.165, 1.54) is 6.92 Å². The third kappa shape index (κ3) is 4.40. The molecule has 1 atom stereocenters. The lowest BCUT2D eigenvalue weighted by molar-refractivity contribution is -0.118. The number of aliphatic hydroxyl groups excluding tert-OH is 1. The number of amides is 2. The fraction of sp³-hybridized carbons (Fsp3) is 0.300. The standard InChI is InChI=1S/C20H22N2O4/c1-13(23)21-14-5-2-6-15(11-14)22-20(25)12-26-19-10-4-7-16-17(19)8-3-9-18(16)24/h2,4-7,10-11,18,24H,3,8-9,12H2,1H3,(H,21,23)(H,22,25)/t18-/m1/s1. The highest BCUT2D eigenvalue weighted by Crippen LogP contribution is 2.35. The van der Waals surface area contributed by atoms with E-state index in [-0.39, 0.29) is 18.4 Å².